The molecule has 2 aliphatic rings. The van der Waals surface area contributed by atoms with Crippen LogP contribution in [0.2, 0.25) is 0 Å². The number of likely N-dealkylation sites (N-methyl/N-ethyl adjacent to an activating group) is 1. The summed E-state index contributed by atoms with van der Waals surface area (Å²) < 4.78 is 16.7. The van der Waals surface area contributed by atoms with Crippen molar-refractivity contribution in [2.45, 2.75) is 63.3 Å². The standard InChI is InChI=1S/C22H29NO6/c1-14(2)12-19(24)29-22(21(26)27-4)17-11-10-16(23(17)3)13-18(22)28-20(25)15-8-6-5-7-9-15/h5-9,14,16-18H,10-13H2,1-4H3/t16-,17+,18+,22-/m1/s1. The zero-order valence-corrected chi connectivity index (χ0v) is 17.4. The van der Waals surface area contributed by atoms with Crippen molar-refractivity contribution in [3.8, 4) is 0 Å². The number of nitrogens with zero attached hydrogens (tertiary/aromatic N) is 1. The van der Waals surface area contributed by atoms with Crippen molar-refractivity contribution >= 4 is 17.9 Å². The van der Waals surface area contributed by atoms with Gasteiger partial charge in [-0.3, -0.25) is 9.69 Å². The van der Waals surface area contributed by atoms with Crippen LogP contribution in [0.3, 0.4) is 0 Å². The molecule has 7 nitrogen and oxygen atoms in total. The summed E-state index contributed by atoms with van der Waals surface area (Å²) in [6, 6.07) is 8.33. The molecule has 0 unspecified atom stereocenters. The molecule has 0 N–H and O–H groups in total. The third kappa shape index (κ3) is 4.01. The molecule has 3 rings (SSSR count). The number of ether oxygens (including phenoxy) is 3. The van der Waals surface area contributed by atoms with Crippen molar-refractivity contribution in [1.29, 1.82) is 0 Å². The number of rotatable bonds is 6. The lowest BCUT2D eigenvalue weighted by Gasteiger charge is -2.48. The monoisotopic (exact) mass is 403 g/mol. The van der Waals surface area contributed by atoms with Gasteiger partial charge in [-0.2, -0.15) is 0 Å². The van der Waals surface area contributed by atoms with Crippen LogP contribution in [0, 0.1) is 5.92 Å². The second-order valence-corrected chi connectivity index (χ2v) is 8.26. The topological polar surface area (TPSA) is 82.1 Å². The van der Waals surface area contributed by atoms with Gasteiger partial charge in [0.1, 0.15) is 0 Å². The number of hydrogen-bond acceptors (Lipinski definition) is 7. The van der Waals surface area contributed by atoms with Crippen molar-refractivity contribution in [3.05, 3.63) is 35.9 Å². The number of piperidine rings is 1. The summed E-state index contributed by atoms with van der Waals surface area (Å²) in [4.78, 5) is 40.5. The van der Waals surface area contributed by atoms with Crippen molar-refractivity contribution in [2.24, 2.45) is 5.92 Å². The van der Waals surface area contributed by atoms with Gasteiger partial charge in [0.15, 0.2) is 6.10 Å². The van der Waals surface area contributed by atoms with Crippen molar-refractivity contribution in [3.63, 3.8) is 0 Å². The number of esters is 3. The summed E-state index contributed by atoms with van der Waals surface area (Å²) in [7, 11) is 3.17. The number of carbonyl (C=O) groups is 3. The van der Waals surface area contributed by atoms with Crippen LogP contribution in [-0.4, -0.2) is 60.8 Å². The molecule has 2 bridgehead atoms. The predicted molar refractivity (Wildman–Crippen MR) is 105 cm³/mol. The fourth-order valence-corrected chi connectivity index (χ4v) is 4.52. The van der Waals surface area contributed by atoms with E-state index < -0.39 is 35.7 Å². The van der Waals surface area contributed by atoms with Crippen molar-refractivity contribution < 1.29 is 28.6 Å². The van der Waals surface area contributed by atoms with Gasteiger partial charge in [0.25, 0.3) is 5.60 Å². The first-order chi connectivity index (χ1) is 13.8. The molecule has 29 heavy (non-hydrogen) atoms. The largest absolute Gasteiger partial charge is 0.466 e. The van der Waals surface area contributed by atoms with Crippen molar-refractivity contribution in [2.75, 3.05) is 14.2 Å². The van der Waals surface area contributed by atoms with Crippen LogP contribution < -0.4 is 0 Å². The molecule has 0 spiro atoms. The average molecular weight is 403 g/mol. The molecule has 1 aromatic carbocycles. The second-order valence-electron chi connectivity index (χ2n) is 8.26. The van der Waals surface area contributed by atoms with E-state index in [1.165, 1.54) is 7.11 Å². The molecule has 1 aromatic rings. The Labute approximate surface area is 171 Å². The van der Waals surface area contributed by atoms with Crippen LogP contribution in [0.1, 0.15) is 49.9 Å². The Balaban J connectivity index is 1.97. The lowest BCUT2D eigenvalue weighted by molar-refractivity contribution is -0.214. The first-order valence-electron chi connectivity index (χ1n) is 10.1. The van der Waals surface area contributed by atoms with E-state index in [0.717, 1.165) is 6.42 Å². The molecule has 0 aromatic heterocycles. The molecular formula is C22H29NO6. The van der Waals surface area contributed by atoms with Gasteiger partial charge in [0.05, 0.1) is 18.7 Å². The fourth-order valence-electron chi connectivity index (χ4n) is 4.52. The molecule has 4 atom stereocenters. The normalized spacial score (nSPS) is 28.8. The molecule has 7 heteroatoms. The van der Waals surface area contributed by atoms with Crippen LogP contribution in [0.25, 0.3) is 0 Å². The second kappa shape index (κ2) is 8.53. The van der Waals surface area contributed by atoms with Gasteiger partial charge in [0.2, 0.25) is 0 Å². The Hall–Kier alpha value is -2.41. The Morgan fingerprint density at radius 2 is 1.86 bits per heavy atom. The van der Waals surface area contributed by atoms with Crippen molar-refractivity contribution in [1.82, 2.24) is 4.90 Å². The van der Waals surface area contributed by atoms with E-state index in [1.807, 2.05) is 25.8 Å². The van der Waals surface area contributed by atoms with Crippen LogP contribution in [0.5, 0.6) is 0 Å². The first kappa shape index (κ1) is 21.3. The summed E-state index contributed by atoms with van der Waals surface area (Å²) in [5.41, 5.74) is -1.29. The van der Waals surface area contributed by atoms with E-state index in [1.54, 1.807) is 30.3 Å². The maximum atomic E-state index is 13.1. The fraction of sp³-hybridized carbons (Fsp3) is 0.591. The van der Waals surface area contributed by atoms with E-state index >= 15 is 0 Å². The maximum absolute atomic E-state index is 13.1. The maximum Gasteiger partial charge on any atom is 0.356 e. The van der Waals surface area contributed by atoms with E-state index in [9.17, 15) is 14.4 Å². The quantitative estimate of drug-likeness (QED) is 0.533. The van der Waals surface area contributed by atoms with Crippen LogP contribution in [-0.2, 0) is 23.8 Å². The van der Waals surface area contributed by atoms with Gasteiger partial charge in [-0.1, -0.05) is 32.0 Å². The zero-order chi connectivity index (χ0) is 21.2. The molecule has 2 fully saturated rings. The van der Waals surface area contributed by atoms with Gasteiger partial charge < -0.3 is 14.2 Å². The summed E-state index contributed by atoms with van der Waals surface area (Å²) in [6.07, 6.45) is 1.15. The summed E-state index contributed by atoms with van der Waals surface area (Å²) in [5.74, 6) is -1.66. The smallest absolute Gasteiger partial charge is 0.356 e. The van der Waals surface area contributed by atoms with E-state index in [4.69, 9.17) is 14.2 Å². The molecule has 0 aliphatic carbocycles. The first-order valence-corrected chi connectivity index (χ1v) is 10.1. The highest BCUT2D eigenvalue weighted by Crippen LogP contribution is 2.45. The van der Waals surface area contributed by atoms with E-state index in [2.05, 4.69) is 0 Å². The Morgan fingerprint density at radius 1 is 1.17 bits per heavy atom. The minimum Gasteiger partial charge on any atom is -0.466 e. The third-order valence-electron chi connectivity index (χ3n) is 5.92. The molecule has 0 saturated carbocycles. The average Bonchev–Trinajstić information content (AvgIpc) is 2.96. The molecule has 158 valence electrons. The van der Waals surface area contributed by atoms with Crippen LogP contribution >= 0.6 is 0 Å². The predicted octanol–water partition coefficient (Wildman–Crippen LogP) is 2.58. The minimum atomic E-state index is -1.67. The molecule has 2 heterocycles. The van der Waals surface area contributed by atoms with Gasteiger partial charge in [-0.05, 0) is 37.9 Å². The number of methoxy groups -OCH3 is 1. The molecule has 0 radical (unpaired) electrons. The van der Waals surface area contributed by atoms with Gasteiger partial charge in [-0.25, -0.2) is 9.59 Å². The van der Waals surface area contributed by atoms with E-state index in [0.29, 0.717) is 18.4 Å². The summed E-state index contributed by atoms with van der Waals surface area (Å²) in [5, 5.41) is 0. The van der Waals surface area contributed by atoms with E-state index in [-0.39, 0.29) is 18.4 Å². The Kier molecular flexibility index (Phi) is 6.27. The SMILES string of the molecule is COC(=O)[C@]1(OC(=O)CC(C)C)[C@@H](OC(=O)c2ccccc2)C[C@H]2CC[C@@H]1N2C. The van der Waals surface area contributed by atoms with Gasteiger partial charge >= 0.3 is 17.9 Å². The van der Waals surface area contributed by atoms with Crippen LogP contribution in [0.4, 0.5) is 0 Å². The Bertz CT molecular complexity index is 764. The molecule has 0 amide bonds. The summed E-state index contributed by atoms with van der Waals surface area (Å²) in [6.45, 7) is 3.80. The van der Waals surface area contributed by atoms with Crippen LogP contribution in [0.15, 0.2) is 30.3 Å². The Morgan fingerprint density at radius 3 is 2.48 bits per heavy atom. The number of benzene rings is 1. The minimum absolute atomic E-state index is 0.0696. The highest BCUT2D eigenvalue weighted by atomic mass is 16.6. The lowest BCUT2D eigenvalue weighted by Crippen LogP contribution is -2.69. The highest BCUT2D eigenvalue weighted by molar-refractivity contribution is 5.91. The lowest BCUT2D eigenvalue weighted by atomic mass is 9.82. The number of carbonyl (C=O) groups excluding carboxylic acids is 3. The van der Waals surface area contributed by atoms with Gasteiger partial charge in [0, 0.05) is 18.9 Å². The molecular weight excluding hydrogens is 374 g/mol. The summed E-state index contributed by atoms with van der Waals surface area (Å²) >= 11 is 0. The van der Waals surface area contributed by atoms with Gasteiger partial charge in [-0.15, -0.1) is 0 Å². The molecule has 2 saturated heterocycles. The number of hydrogen-bond donors (Lipinski definition) is 0. The highest BCUT2D eigenvalue weighted by Gasteiger charge is 2.65. The number of fused-ring (bicyclic) bond motifs is 2. The molecule has 2 aliphatic heterocycles. The zero-order valence-electron chi connectivity index (χ0n) is 17.4. The third-order valence-corrected chi connectivity index (χ3v) is 5.92.